The molecule has 6 rings (SSSR count). The van der Waals surface area contributed by atoms with Crippen LogP contribution in [0.15, 0.2) is 102 Å². The minimum absolute atomic E-state index is 0.0225. The molecule has 2 atom stereocenters. The van der Waals surface area contributed by atoms with E-state index in [4.69, 9.17) is 0 Å². The number of carbonyl (C=O) groups excluding carboxylic acids is 2. The molecule has 0 aliphatic carbocycles. The Morgan fingerprint density at radius 1 is 0.913 bits per heavy atom. The Morgan fingerprint density at radius 2 is 1.57 bits per heavy atom. The predicted molar refractivity (Wildman–Crippen MR) is 176 cm³/mol. The van der Waals surface area contributed by atoms with Gasteiger partial charge in [0.05, 0.1) is 16.6 Å². The van der Waals surface area contributed by atoms with E-state index in [1.807, 2.05) is 76.3 Å². The van der Waals surface area contributed by atoms with Crippen molar-refractivity contribution in [1.29, 1.82) is 0 Å². The van der Waals surface area contributed by atoms with E-state index < -0.39 is 33.8 Å². The second-order valence-electron chi connectivity index (χ2n) is 12.1. The number of hydrogen-bond donors (Lipinski definition) is 2. The van der Waals surface area contributed by atoms with E-state index in [1.165, 1.54) is 0 Å². The Hall–Kier alpha value is -4.80. The lowest BCUT2D eigenvalue weighted by molar-refractivity contribution is -0.127. The zero-order valence-corrected chi connectivity index (χ0v) is 26.8. The van der Waals surface area contributed by atoms with Crippen molar-refractivity contribution in [2.45, 2.75) is 44.2 Å². The van der Waals surface area contributed by atoms with Crippen LogP contribution in [0, 0.1) is 18.7 Å². The van der Waals surface area contributed by atoms with Crippen LogP contribution in [0.2, 0.25) is 0 Å². The first-order chi connectivity index (χ1) is 22.0. The van der Waals surface area contributed by atoms with Gasteiger partial charge in [0.15, 0.2) is 0 Å². The third kappa shape index (κ3) is 5.59. The van der Waals surface area contributed by atoms with E-state index in [0.29, 0.717) is 5.56 Å². The van der Waals surface area contributed by atoms with Crippen molar-refractivity contribution in [3.05, 3.63) is 125 Å². The summed E-state index contributed by atoms with van der Waals surface area (Å²) in [5.41, 5.74) is 8.48. The van der Waals surface area contributed by atoms with Gasteiger partial charge in [0.25, 0.3) is 21.8 Å². The Balaban J connectivity index is 1.49. The molecule has 236 valence electrons. The molecule has 1 aliphatic rings. The van der Waals surface area contributed by atoms with Crippen LogP contribution in [0.4, 0.5) is 4.39 Å². The molecule has 10 heteroatoms. The van der Waals surface area contributed by atoms with Crippen LogP contribution in [0.1, 0.15) is 53.4 Å². The van der Waals surface area contributed by atoms with E-state index in [2.05, 4.69) is 27.0 Å². The first-order valence-corrected chi connectivity index (χ1v) is 16.6. The van der Waals surface area contributed by atoms with E-state index in [9.17, 15) is 22.4 Å². The lowest BCUT2D eigenvalue weighted by Gasteiger charge is -2.34. The lowest BCUT2D eigenvalue weighted by atomic mass is 9.91. The largest absolute Gasteiger partial charge is 0.343 e. The number of nitrogens with one attached hydrogen (secondary N) is 2. The molecular formula is C36H35FN4O4S. The van der Waals surface area contributed by atoms with E-state index >= 15 is 0 Å². The van der Waals surface area contributed by atoms with Gasteiger partial charge in [0.1, 0.15) is 11.9 Å². The van der Waals surface area contributed by atoms with Crippen molar-refractivity contribution in [1.82, 2.24) is 19.7 Å². The van der Waals surface area contributed by atoms with Crippen LogP contribution in [-0.2, 0) is 21.9 Å². The predicted octanol–water partition coefficient (Wildman–Crippen LogP) is 6.26. The molecule has 4 aromatic carbocycles. The summed E-state index contributed by atoms with van der Waals surface area (Å²) in [6.45, 7) is 5.92. The quantitative estimate of drug-likeness (QED) is 0.186. The molecule has 0 saturated heterocycles. The number of hydrazine groups is 1. The number of amides is 2. The minimum atomic E-state index is -4.22. The highest BCUT2D eigenvalue weighted by Crippen LogP contribution is 2.47. The third-order valence-corrected chi connectivity index (χ3v) is 9.77. The van der Waals surface area contributed by atoms with Crippen molar-refractivity contribution >= 4 is 32.7 Å². The standard InChI is InChI=1S/C36H35FN4O4S/c1-22(2)21-31(35(42)38-39-46(44,45)26-19-17-25(37)18-20-26)41-34(27-9-5-6-10-28(27)36(41)43)32-29-11-7-8-12-30(29)40(4)33(32)24-15-13-23(3)14-16-24/h5-20,22,31,34,39H,21H2,1-4H3,(H,38,42). The van der Waals surface area contributed by atoms with E-state index in [1.54, 1.807) is 17.0 Å². The van der Waals surface area contributed by atoms with Crippen LogP contribution in [0.5, 0.6) is 0 Å². The van der Waals surface area contributed by atoms with Gasteiger partial charge in [0.2, 0.25) is 0 Å². The molecule has 5 aromatic rings. The van der Waals surface area contributed by atoms with E-state index in [0.717, 1.165) is 63.1 Å². The number of hydrogen-bond acceptors (Lipinski definition) is 4. The highest BCUT2D eigenvalue weighted by molar-refractivity contribution is 7.89. The van der Waals surface area contributed by atoms with Gasteiger partial charge in [0, 0.05) is 29.1 Å². The van der Waals surface area contributed by atoms with Gasteiger partial charge >= 0.3 is 0 Å². The molecule has 0 saturated carbocycles. The van der Waals surface area contributed by atoms with Crippen molar-refractivity contribution in [2.75, 3.05) is 0 Å². The van der Waals surface area contributed by atoms with Crippen molar-refractivity contribution in [3.8, 4) is 11.3 Å². The van der Waals surface area contributed by atoms with Gasteiger partial charge < -0.3 is 9.47 Å². The Bertz CT molecular complexity index is 2050. The zero-order valence-electron chi connectivity index (χ0n) is 26.0. The van der Waals surface area contributed by atoms with Gasteiger partial charge in [-0.25, -0.2) is 12.8 Å². The number of nitrogens with zero attached hydrogens (tertiary/aromatic N) is 2. The second-order valence-corrected chi connectivity index (χ2v) is 13.8. The summed E-state index contributed by atoms with van der Waals surface area (Å²) >= 11 is 0. The van der Waals surface area contributed by atoms with Gasteiger partial charge in [-0.05, 0) is 66.8 Å². The summed E-state index contributed by atoms with van der Waals surface area (Å²) in [6.07, 6.45) is 0.269. The lowest BCUT2D eigenvalue weighted by Crippen LogP contribution is -2.53. The average Bonchev–Trinajstić information content (AvgIpc) is 3.49. The molecule has 2 N–H and O–H groups in total. The second kappa shape index (κ2) is 12.2. The first-order valence-electron chi connectivity index (χ1n) is 15.1. The van der Waals surface area contributed by atoms with Crippen LogP contribution < -0.4 is 10.3 Å². The number of fused-ring (bicyclic) bond motifs is 2. The summed E-state index contributed by atoms with van der Waals surface area (Å²) in [6, 6.07) is 26.2. The van der Waals surface area contributed by atoms with Gasteiger partial charge in [-0.15, -0.1) is 4.83 Å². The highest BCUT2D eigenvalue weighted by Gasteiger charge is 2.46. The Kier molecular flexibility index (Phi) is 8.26. The molecule has 0 fully saturated rings. The first kappa shape index (κ1) is 31.2. The molecule has 2 unspecified atom stereocenters. The molecular weight excluding hydrogens is 603 g/mol. The molecule has 0 radical (unpaired) electrons. The van der Waals surface area contributed by atoms with Crippen molar-refractivity contribution in [2.24, 2.45) is 13.0 Å². The van der Waals surface area contributed by atoms with Gasteiger partial charge in [-0.3, -0.25) is 15.0 Å². The Morgan fingerprint density at radius 3 is 2.26 bits per heavy atom. The minimum Gasteiger partial charge on any atom is -0.343 e. The maximum atomic E-state index is 14.4. The number of rotatable bonds is 9. The van der Waals surface area contributed by atoms with Crippen molar-refractivity contribution < 1.29 is 22.4 Å². The van der Waals surface area contributed by atoms with Crippen LogP contribution >= 0.6 is 0 Å². The van der Waals surface area contributed by atoms with Gasteiger partial charge in [-0.2, -0.15) is 0 Å². The molecule has 2 heterocycles. The fourth-order valence-corrected chi connectivity index (χ4v) is 7.23. The average molecular weight is 639 g/mol. The highest BCUT2D eigenvalue weighted by atomic mass is 32.2. The third-order valence-electron chi connectivity index (χ3n) is 8.51. The molecule has 0 spiro atoms. The molecule has 1 aliphatic heterocycles. The fraction of sp³-hybridized carbons (Fsp3) is 0.222. The number of halogens is 1. The number of benzene rings is 4. The van der Waals surface area contributed by atoms with Crippen LogP contribution in [0.25, 0.3) is 22.2 Å². The molecule has 0 bridgehead atoms. The SMILES string of the molecule is Cc1ccc(-c2c(C3c4ccccc4C(=O)N3C(CC(C)C)C(=O)NNS(=O)(=O)c3ccc(F)cc3)c3ccccc3n2C)cc1. The van der Waals surface area contributed by atoms with E-state index in [-0.39, 0.29) is 23.1 Å². The maximum Gasteiger partial charge on any atom is 0.257 e. The normalized spacial score (nSPS) is 15.4. The van der Waals surface area contributed by atoms with Gasteiger partial charge in [-0.1, -0.05) is 80.1 Å². The number of sulfonamides is 1. The zero-order chi connectivity index (χ0) is 32.7. The monoisotopic (exact) mass is 638 g/mol. The molecule has 1 aromatic heterocycles. The number of para-hydroxylation sites is 1. The number of aryl methyl sites for hydroxylation is 2. The summed E-state index contributed by atoms with van der Waals surface area (Å²) in [7, 11) is -2.22. The van der Waals surface area contributed by atoms with Crippen LogP contribution in [0.3, 0.4) is 0 Å². The number of aromatic nitrogens is 1. The summed E-state index contributed by atoms with van der Waals surface area (Å²) < 4.78 is 41.5. The summed E-state index contributed by atoms with van der Waals surface area (Å²) in [5.74, 6) is -1.60. The summed E-state index contributed by atoms with van der Waals surface area (Å²) in [5, 5.41) is 0.945. The molecule has 8 nitrogen and oxygen atoms in total. The smallest absolute Gasteiger partial charge is 0.257 e. The maximum absolute atomic E-state index is 14.4. The van der Waals surface area contributed by atoms with Crippen LogP contribution in [-0.4, -0.2) is 35.7 Å². The summed E-state index contributed by atoms with van der Waals surface area (Å²) in [4.78, 5) is 31.9. The topological polar surface area (TPSA) is 101 Å². The van der Waals surface area contributed by atoms with Crippen molar-refractivity contribution in [3.63, 3.8) is 0 Å². The molecule has 2 amide bonds. The fourth-order valence-electron chi connectivity index (χ4n) is 6.38. The Labute approximate surface area is 267 Å². The number of carbonyl (C=O) groups is 2. The molecule has 46 heavy (non-hydrogen) atoms.